The molecule has 0 atom stereocenters. The molecule has 5 nitrogen and oxygen atoms in total. The Balaban J connectivity index is 1.54. The smallest absolute Gasteiger partial charge is 0.273 e. The van der Waals surface area contributed by atoms with E-state index in [2.05, 4.69) is 10.5 Å². The highest BCUT2D eigenvalue weighted by molar-refractivity contribution is 6.35. The number of amides is 1. The van der Waals surface area contributed by atoms with E-state index in [4.69, 9.17) is 33.7 Å². The Kier molecular flexibility index (Phi) is 6.53. The number of carbonyl (C=O) groups excluding carboxylic acids is 1. The molecule has 0 aliphatic heterocycles. The molecule has 0 aliphatic carbocycles. The number of nitrogens with one attached hydrogen (secondary N) is 1. The summed E-state index contributed by atoms with van der Waals surface area (Å²) in [5, 5.41) is 5.10. The van der Waals surface area contributed by atoms with Gasteiger partial charge in [-0.15, -0.1) is 0 Å². The van der Waals surface area contributed by atoms with Gasteiger partial charge in [0.05, 0.1) is 11.8 Å². The summed E-state index contributed by atoms with van der Waals surface area (Å²) in [6.07, 6.45) is 1.54. The van der Waals surface area contributed by atoms with Crippen LogP contribution in [0.3, 0.4) is 0 Å². The number of anilines is 1. The lowest BCUT2D eigenvalue weighted by atomic mass is 10.2. The number of nitrogen functional groups attached to an aromatic ring is 1. The Bertz CT molecular complexity index is 1000. The van der Waals surface area contributed by atoms with Gasteiger partial charge in [-0.05, 0) is 54.1 Å². The van der Waals surface area contributed by atoms with E-state index >= 15 is 0 Å². The van der Waals surface area contributed by atoms with E-state index in [-0.39, 0.29) is 5.91 Å². The van der Waals surface area contributed by atoms with Gasteiger partial charge in [-0.2, -0.15) is 5.10 Å². The van der Waals surface area contributed by atoms with E-state index in [9.17, 15) is 4.79 Å². The van der Waals surface area contributed by atoms with Gasteiger partial charge in [-0.1, -0.05) is 41.4 Å². The number of hydrogen-bond donors (Lipinski definition) is 2. The second-order valence-electron chi connectivity index (χ2n) is 5.88. The number of nitrogens with two attached hydrogens (primary N) is 1. The van der Waals surface area contributed by atoms with Crippen LogP contribution >= 0.6 is 23.2 Å². The second-order valence-corrected chi connectivity index (χ2v) is 6.72. The second kappa shape index (κ2) is 9.26. The van der Waals surface area contributed by atoms with Crippen LogP contribution in [0.1, 0.15) is 21.5 Å². The van der Waals surface area contributed by atoms with Crippen LogP contribution in [0.15, 0.2) is 71.8 Å². The number of hydrazone groups is 1. The summed E-state index contributed by atoms with van der Waals surface area (Å²) >= 11 is 12.0. The van der Waals surface area contributed by atoms with Crippen molar-refractivity contribution < 1.29 is 9.53 Å². The predicted octanol–water partition coefficient (Wildman–Crippen LogP) is 4.92. The Morgan fingerprint density at radius 1 is 1.07 bits per heavy atom. The highest BCUT2D eigenvalue weighted by Crippen LogP contribution is 2.22. The summed E-state index contributed by atoms with van der Waals surface area (Å²) in [6.45, 7) is 0.331. The van der Waals surface area contributed by atoms with E-state index < -0.39 is 0 Å². The first kappa shape index (κ1) is 19.7. The van der Waals surface area contributed by atoms with Crippen molar-refractivity contribution in [3.63, 3.8) is 0 Å². The van der Waals surface area contributed by atoms with E-state index in [1.807, 2.05) is 30.3 Å². The van der Waals surface area contributed by atoms with Crippen LogP contribution in [0.5, 0.6) is 5.75 Å². The van der Waals surface area contributed by atoms with Crippen molar-refractivity contribution in [1.29, 1.82) is 0 Å². The Morgan fingerprint density at radius 2 is 1.82 bits per heavy atom. The summed E-state index contributed by atoms with van der Waals surface area (Å²) in [6, 6.07) is 19.3. The number of carbonyl (C=O) groups is 1. The first-order valence-corrected chi connectivity index (χ1v) is 9.13. The molecule has 1 amide bonds. The van der Waals surface area contributed by atoms with Crippen LogP contribution in [0, 0.1) is 0 Å². The van der Waals surface area contributed by atoms with Gasteiger partial charge >= 0.3 is 0 Å². The third kappa shape index (κ3) is 5.25. The number of halogens is 2. The van der Waals surface area contributed by atoms with Gasteiger partial charge in [0.25, 0.3) is 5.91 Å². The third-order valence-electron chi connectivity index (χ3n) is 3.87. The molecule has 0 aliphatic rings. The third-order valence-corrected chi connectivity index (χ3v) is 4.46. The van der Waals surface area contributed by atoms with Crippen LogP contribution in [0.4, 0.5) is 5.69 Å². The van der Waals surface area contributed by atoms with Crippen molar-refractivity contribution >= 4 is 41.0 Å². The molecule has 0 fully saturated rings. The van der Waals surface area contributed by atoms with E-state index in [0.29, 0.717) is 33.7 Å². The number of para-hydroxylation sites is 1. The average molecular weight is 414 g/mol. The summed E-state index contributed by atoms with van der Waals surface area (Å²) in [7, 11) is 0. The average Bonchev–Trinajstić information content (AvgIpc) is 2.68. The molecule has 3 aromatic carbocycles. The maximum absolute atomic E-state index is 12.0. The van der Waals surface area contributed by atoms with Gasteiger partial charge in [-0.25, -0.2) is 5.43 Å². The van der Waals surface area contributed by atoms with Gasteiger partial charge in [0.1, 0.15) is 12.4 Å². The maximum Gasteiger partial charge on any atom is 0.273 e. The zero-order valence-corrected chi connectivity index (χ0v) is 16.2. The van der Waals surface area contributed by atoms with Crippen LogP contribution in [-0.4, -0.2) is 12.1 Å². The Morgan fingerprint density at radius 3 is 2.54 bits per heavy atom. The number of benzene rings is 3. The number of rotatable bonds is 6. The summed E-state index contributed by atoms with van der Waals surface area (Å²) in [4.78, 5) is 12.0. The van der Waals surface area contributed by atoms with Crippen LogP contribution in [-0.2, 0) is 6.61 Å². The lowest BCUT2D eigenvalue weighted by Crippen LogP contribution is -2.18. The van der Waals surface area contributed by atoms with E-state index in [0.717, 1.165) is 11.1 Å². The van der Waals surface area contributed by atoms with Crippen LogP contribution < -0.4 is 15.9 Å². The number of ether oxygens (including phenoxy) is 1. The molecule has 0 saturated carbocycles. The first-order valence-electron chi connectivity index (χ1n) is 8.37. The molecular formula is C21H17Cl2N3O2. The molecule has 28 heavy (non-hydrogen) atoms. The normalized spacial score (nSPS) is 10.8. The molecule has 3 aromatic rings. The Labute approximate surface area is 172 Å². The summed E-state index contributed by atoms with van der Waals surface area (Å²) < 4.78 is 5.73. The molecule has 7 heteroatoms. The minimum Gasteiger partial charge on any atom is -0.489 e. The molecule has 0 unspecified atom stereocenters. The molecule has 3 rings (SSSR count). The van der Waals surface area contributed by atoms with Crippen molar-refractivity contribution in [3.8, 4) is 5.75 Å². The Hall–Kier alpha value is -3.02. The molecule has 0 bridgehead atoms. The lowest BCUT2D eigenvalue weighted by Gasteiger charge is -2.08. The quantitative estimate of drug-likeness (QED) is 0.342. The molecule has 0 radical (unpaired) electrons. The lowest BCUT2D eigenvalue weighted by molar-refractivity contribution is 0.0956. The summed E-state index contributed by atoms with van der Waals surface area (Å²) in [5.41, 5.74) is 10.7. The SMILES string of the molecule is Nc1ccccc1C(=O)N/N=C/c1ccc(OCc2ccc(Cl)cc2Cl)cc1. The maximum atomic E-state index is 12.0. The fourth-order valence-corrected chi connectivity index (χ4v) is 2.84. The van der Waals surface area contributed by atoms with Crippen molar-refractivity contribution in [2.75, 3.05) is 5.73 Å². The highest BCUT2D eigenvalue weighted by atomic mass is 35.5. The van der Waals surface area contributed by atoms with E-state index in [1.54, 1.807) is 36.4 Å². The molecule has 0 saturated heterocycles. The van der Waals surface area contributed by atoms with Gasteiger partial charge in [0.2, 0.25) is 0 Å². The molecule has 3 N–H and O–H groups in total. The van der Waals surface area contributed by atoms with Crippen LogP contribution in [0.25, 0.3) is 0 Å². The van der Waals surface area contributed by atoms with Crippen molar-refractivity contribution in [2.24, 2.45) is 5.10 Å². The summed E-state index contributed by atoms with van der Waals surface area (Å²) in [5.74, 6) is 0.318. The molecule has 0 spiro atoms. The predicted molar refractivity (Wildman–Crippen MR) is 113 cm³/mol. The fraction of sp³-hybridized carbons (Fsp3) is 0.0476. The van der Waals surface area contributed by atoms with E-state index in [1.165, 1.54) is 6.21 Å². The van der Waals surface area contributed by atoms with Crippen molar-refractivity contribution in [3.05, 3.63) is 93.5 Å². The zero-order chi connectivity index (χ0) is 19.9. The number of nitrogens with zero attached hydrogens (tertiary/aromatic N) is 1. The van der Waals surface area contributed by atoms with Crippen LogP contribution in [0.2, 0.25) is 10.0 Å². The zero-order valence-electron chi connectivity index (χ0n) is 14.7. The molecule has 142 valence electrons. The largest absolute Gasteiger partial charge is 0.489 e. The minimum atomic E-state index is -0.367. The van der Waals surface area contributed by atoms with Gasteiger partial charge in [0.15, 0.2) is 0 Å². The molecule has 0 aromatic heterocycles. The monoisotopic (exact) mass is 413 g/mol. The van der Waals surface area contributed by atoms with Crippen molar-refractivity contribution in [1.82, 2.24) is 5.43 Å². The van der Waals surface area contributed by atoms with Gasteiger partial charge in [-0.3, -0.25) is 4.79 Å². The minimum absolute atomic E-state index is 0.331. The standard InChI is InChI=1S/C21H17Cl2N3O2/c22-16-8-7-15(19(23)11-16)13-28-17-9-5-14(6-10-17)12-25-26-21(27)18-3-1-2-4-20(18)24/h1-12H,13,24H2,(H,26,27)/b25-12+. The topological polar surface area (TPSA) is 76.7 Å². The van der Waals surface area contributed by atoms with Gasteiger partial charge in [0, 0.05) is 21.3 Å². The molecular weight excluding hydrogens is 397 g/mol. The molecule has 0 heterocycles. The fourth-order valence-electron chi connectivity index (χ4n) is 2.38. The highest BCUT2D eigenvalue weighted by Gasteiger charge is 2.07. The van der Waals surface area contributed by atoms with Crippen molar-refractivity contribution in [2.45, 2.75) is 6.61 Å². The first-order chi connectivity index (χ1) is 13.5. The number of hydrogen-bond acceptors (Lipinski definition) is 4. The van der Waals surface area contributed by atoms with Gasteiger partial charge < -0.3 is 10.5 Å².